The molecular formula is C22H23FN4O4S2. The molecule has 1 amide bonds. The minimum Gasteiger partial charge on any atom is -0.411 e. The number of aromatic nitrogens is 2. The van der Waals surface area contributed by atoms with Crippen molar-refractivity contribution in [2.75, 3.05) is 31.9 Å². The van der Waals surface area contributed by atoms with E-state index in [9.17, 15) is 17.6 Å². The zero-order valence-corrected chi connectivity index (χ0v) is 19.8. The van der Waals surface area contributed by atoms with Crippen LogP contribution in [0.3, 0.4) is 0 Å². The normalized spacial score (nSPS) is 15.1. The average Bonchev–Trinajstić information content (AvgIpc) is 3.26. The molecule has 11 heteroatoms. The van der Waals surface area contributed by atoms with Crippen molar-refractivity contribution in [3.05, 3.63) is 59.4 Å². The molecule has 3 aromatic rings. The van der Waals surface area contributed by atoms with Crippen molar-refractivity contribution >= 4 is 27.7 Å². The summed E-state index contributed by atoms with van der Waals surface area (Å²) in [6.45, 7) is 4.63. The van der Waals surface area contributed by atoms with Crippen molar-refractivity contribution in [1.82, 2.24) is 19.4 Å². The summed E-state index contributed by atoms with van der Waals surface area (Å²) in [5.41, 5.74) is 3.00. The summed E-state index contributed by atoms with van der Waals surface area (Å²) in [5.74, 6) is -0.459. The van der Waals surface area contributed by atoms with Crippen LogP contribution < -0.4 is 0 Å². The summed E-state index contributed by atoms with van der Waals surface area (Å²) < 4.78 is 46.3. The molecule has 0 unspecified atom stereocenters. The Labute approximate surface area is 195 Å². The number of nitrogens with zero attached hydrogens (tertiary/aromatic N) is 4. The van der Waals surface area contributed by atoms with Crippen molar-refractivity contribution < 1.29 is 22.0 Å². The van der Waals surface area contributed by atoms with Gasteiger partial charge in [-0.15, -0.1) is 10.2 Å². The van der Waals surface area contributed by atoms with Crippen molar-refractivity contribution in [2.24, 2.45) is 0 Å². The Morgan fingerprint density at radius 2 is 1.73 bits per heavy atom. The lowest BCUT2D eigenvalue weighted by molar-refractivity contribution is -0.129. The monoisotopic (exact) mass is 490 g/mol. The summed E-state index contributed by atoms with van der Waals surface area (Å²) in [5, 5.41) is 8.36. The van der Waals surface area contributed by atoms with Crippen LogP contribution in [0.15, 0.2) is 57.0 Å². The molecule has 0 bridgehead atoms. The molecule has 1 saturated heterocycles. The Morgan fingerprint density at radius 1 is 1.06 bits per heavy atom. The van der Waals surface area contributed by atoms with Crippen LogP contribution in [0.5, 0.6) is 0 Å². The minimum atomic E-state index is -3.95. The highest BCUT2D eigenvalue weighted by Gasteiger charge is 2.31. The first-order valence-electron chi connectivity index (χ1n) is 10.3. The van der Waals surface area contributed by atoms with E-state index < -0.39 is 15.8 Å². The van der Waals surface area contributed by atoms with Gasteiger partial charge in [-0.05, 0) is 38.1 Å². The van der Waals surface area contributed by atoms with Gasteiger partial charge in [0.1, 0.15) is 10.7 Å². The van der Waals surface area contributed by atoms with Crippen LogP contribution >= 0.6 is 11.8 Å². The molecule has 8 nitrogen and oxygen atoms in total. The Morgan fingerprint density at radius 3 is 2.39 bits per heavy atom. The van der Waals surface area contributed by atoms with Crippen molar-refractivity contribution in [2.45, 2.75) is 24.0 Å². The standard InChI is InChI=1S/C22H23FN4O4S2/c1-15-11-16(2)13-17(12-15)21-24-25-22(31-21)32-14-20(28)26-7-9-27(10-8-26)33(29,30)19-6-4-3-5-18(19)23/h3-6,11-13H,7-10,14H2,1-2H3. The number of carbonyl (C=O) groups is 1. The fourth-order valence-electron chi connectivity index (χ4n) is 3.67. The number of rotatable bonds is 6. The number of carbonyl (C=O) groups excluding carboxylic acids is 1. The maximum Gasteiger partial charge on any atom is 0.277 e. The lowest BCUT2D eigenvalue weighted by Gasteiger charge is -2.34. The van der Waals surface area contributed by atoms with E-state index >= 15 is 0 Å². The largest absolute Gasteiger partial charge is 0.411 e. The van der Waals surface area contributed by atoms with Gasteiger partial charge >= 0.3 is 0 Å². The van der Waals surface area contributed by atoms with E-state index in [1.807, 2.05) is 26.0 Å². The number of benzene rings is 2. The van der Waals surface area contributed by atoms with Crippen LogP contribution in [0, 0.1) is 19.7 Å². The van der Waals surface area contributed by atoms with E-state index in [-0.39, 0.29) is 42.7 Å². The molecule has 1 aliphatic rings. The fraction of sp³-hybridized carbons (Fsp3) is 0.318. The summed E-state index contributed by atoms with van der Waals surface area (Å²) >= 11 is 1.14. The second kappa shape index (κ2) is 9.62. The maximum atomic E-state index is 14.0. The number of halogens is 1. The highest BCUT2D eigenvalue weighted by atomic mass is 32.2. The topological polar surface area (TPSA) is 96.6 Å². The zero-order chi connectivity index (χ0) is 23.6. The van der Waals surface area contributed by atoms with E-state index in [4.69, 9.17) is 4.42 Å². The fourth-order valence-corrected chi connectivity index (χ4v) is 5.82. The van der Waals surface area contributed by atoms with Crippen LogP contribution in [0.25, 0.3) is 11.5 Å². The molecule has 33 heavy (non-hydrogen) atoms. The van der Waals surface area contributed by atoms with Crippen LogP contribution in [-0.4, -0.2) is 65.7 Å². The van der Waals surface area contributed by atoms with E-state index in [1.54, 1.807) is 4.90 Å². The maximum absolute atomic E-state index is 14.0. The van der Waals surface area contributed by atoms with E-state index in [2.05, 4.69) is 16.3 Å². The average molecular weight is 491 g/mol. The van der Waals surface area contributed by atoms with Gasteiger partial charge in [-0.25, -0.2) is 12.8 Å². The van der Waals surface area contributed by atoms with E-state index in [1.165, 1.54) is 22.5 Å². The van der Waals surface area contributed by atoms with Gasteiger partial charge in [-0.1, -0.05) is 41.1 Å². The van der Waals surface area contributed by atoms with Gasteiger partial charge < -0.3 is 9.32 Å². The van der Waals surface area contributed by atoms with Gasteiger partial charge in [0.25, 0.3) is 5.22 Å². The predicted octanol–water partition coefficient (Wildman–Crippen LogP) is 3.12. The van der Waals surface area contributed by atoms with Crippen molar-refractivity contribution in [3.8, 4) is 11.5 Å². The Kier molecular flexibility index (Phi) is 6.82. The SMILES string of the molecule is Cc1cc(C)cc(-c2nnc(SCC(=O)N3CCN(S(=O)(=O)c4ccccc4F)CC3)o2)c1. The third kappa shape index (κ3) is 5.26. The highest BCUT2D eigenvalue weighted by Crippen LogP contribution is 2.26. The van der Waals surface area contributed by atoms with Gasteiger partial charge in [0.2, 0.25) is 21.8 Å². The van der Waals surface area contributed by atoms with Crippen molar-refractivity contribution in [3.63, 3.8) is 0 Å². The first-order valence-corrected chi connectivity index (χ1v) is 12.7. The van der Waals surface area contributed by atoms with Crippen LogP contribution in [0.2, 0.25) is 0 Å². The zero-order valence-electron chi connectivity index (χ0n) is 18.2. The molecule has 1 aliphatic heterocycles. The van der Waals surface area contributed by atoms with Gasteiger partial charge in [-0.2, -0.15) is 4.31 Å². The molecule has 0 atom stereocenters. The number of aryl methyl sites for hydroxylation is 2. The van der Waals surface area contributed by atoms with Gasteiger partial charge in [0.05, 0.1) is 5.75 Å². The molecule has 2 aromatic carbocycles. The molecule has 0 N–H and O–H groups in total. The first-order chi connectivity index (χ1) is 15.7. The Hall–Kier alpha value is -2.76. The van der Waals surface area contributed by atoms with Crippen LogP contribution in [-0.2, 0) is 14.8 Å². The molecule has 4 rings (SSSR count). The molecule has 0 spiro atoms. The van der Waals surface area contributed by atoms with Crippen molar-refractivity contribution in [1.29, 1.82) is 0 Å². The second-order valence-corrected chi connectivity index (χ2v) is 10.6. The number of hydrogen-bond donors (Lipinski definition) is 0. The molecule has 0 radical (unpaired) electrons. The molecule has 1 aromatic heterocycles. The second-order valence-electron chi connectivity index (χ2n) is 7.75. The number of piperazine rings is 1. The van der Waals surface area contributed by atoms with Gasteiger partial charge in [0.15, 0.2) is 0 Å². The van der Waals surface area contributed by atoms with Gasteiger partial charge in [0, 0.05) is 31.7 Å². The summed E-state index contributed by atoms with van der Waals surface area (Å²) in [7, 11) is -3.95. The Bertz CT molecular complexity index is 1250. The van der Waals surface area contributed by atoms with Gasteiger partial charge in [-0.3, -0.25) is 4.79 Å². The molecular weight excluding hydrogens is 467 g/mol. The summed E-state index contributed by atoms with van der Waals surface area (Å²) in [6.07, 6.45) is 0. The van der Waals surface area contributed by atoms with Crippen LogP contribution in [0.4, 0.5) is 4.39 Å². The Balaban J connectivity index is 1.32. The van der Waals surface area contributed by atoms with E-state index in [0.717, 1.165) is 34.5 Å². The number of hydrogen-bond acceptors (Lipinski definition) is 7. The molecule has 0 aliphatic carbocycles. The third-order valence-electron chi connectivity index (χ3n) is 5.24. The lowest BCUT2D eigenvalue weighted by Crippen LogP contribution is -2.51. The van der Waals surface area contributed by atoms with E-state index in [0.29, 0.717) is 11.1 Å². The predicted molar refractivity (Wildman–Crippen MR) is 122 cm³/mol. The quantitative estimate of drug-likeness (QED) is 0.490. The smallest absolute Gasteiger partial charge is 0.277 e. The lowest BCUT2D eigenvalue weighted by atomic mass is 10.1. The number of thioether (sulfide) groups is 1. The minimum absolute atomic E-state index is 0.0918. The molecule has 1 fully saturated rings. The molecule has 2 heterocycles. The third-order valence-corrected chi connectivity index (χ3v) is 7.98. The number of sulfonamides is 1. The molecule has 0 saturated carbocycles. The summed E-state index contributed by atoms with van der Waals surface area (Å²) in [6, 6.07) is 11.2. The van der Waals surface area contributed by atoms with Crippen LogP contribution in [0.1, 0.15) is 11.1 Å². The molecule has 174 valence electrons. The first kappa shape index (κ1) is 23.4. The highest BCUT2D eigenvalue weighted by molar-refractivity contribution is 7.99. The number of amides is 1. The summed E-state index contributed by atoms with van der Waals surface area (Å²) in [4.78, 5) is 13.8.